The molecule has 0 bridgehead atoms. The maximum absolute atomic E-state index is 13.5. The lowest BCUT2D eigenvalue weighted by Gasteiger charge is -2.35. The van der Waals surface area contributed by atoms with Crippen molar-refractivity contribution in [3.05, 3.63) is 88.9 Å². The van der Waals surface area contributed by atoms with Crippen molar-refractivity contribution in [2.24, 2.45) is 5.73 Å². The molecular weight excluding hydrogens is 480 g/mol. The second-order valence-electron chi connectivity index (χ2n) is 8.47. The molecule has 2 heterocycles. The Morgan fingerprint density at radius 1 is 1.05 bits per heavy atom. The quantitative estimate of drug-likeness (QED) is 0.405. The summed E-state index contributed by atoms with van der Waals surface area (Å²) in [5.74, 6) is -1.80. The van der Waals surface area contributed by atoms with E-state index in [2.05, 4.69) is 25.4 Å². The number of nitrogens with zero attached hydrogens (tertiary/aromatic N) is 4. The van der Waals surface area contributed by atoms with Crippen molar-refractivity contribution < 1.29 is 18.4 Å². The first-order valence-corrected chi connectivity index (χ1v) is 11.5. The summed E-state index contributed by atoms with van der Waals surface area (Å²) in [6.45, 7) is 9.19. The number of hydrogen-bond donors (Lipinski definition) is 3. The molecule has 9 nitrogen and oxygen atoms in total. The van der Waals surface area contributed by atoms with Crippen LogP contribution in [0, 0.1) is 18.2 Å². The zero-order valence-electron chi connectivity index (χ0n) is 19.9. The Morgan fingerprint density at radius 3 is 2.46 bits per heavy atom. The summed E-state index contributed by atoms with van der Waals surface area (Å²) in [4.78, 5) is 35.1. The van der Waals surface area contributed by atoms with Crippen LogP contribution < -0.4 is 21.3 Å². The molecule has 1 aliphatic heterocycles. The van der Waals surface area contributed by atoms with Crippen molar-refractivity contribution in [3.8, 4) is 0 Å². The molecule has 0 radical (unpaired) electrons. The number of halogens is 2. The average Bonchev–Trinajstić information content (AvgIpc) is 2.87. The Hall–Kier alpha value is -4.72. The first-order chi connectivity index (χ1) is 17.8. The van der Waals surface area contributed by atoms with Crippen LogP contribution >= 0.6 is 0 Å². The van der Waals surface area contributed by atoms with Crippen molar-refractivity contribution in [2.45, 2.75) is 6.54 Å². The van der Waals surface area contributed by atoms with Gasteiger partial charge in [0.25, 0.3) is 12.5 Å². The molecule has 37 heavy (non-hydrogen) atoms. The minimum atomic E-state index is -0.694. The van der Waals surface area contributed by atoms with Crippen molar-refractivity contribution in [1.82, 2.24) is 9.88 Å². The summed E-state index contributed by atoms with van der Waals surface area (Å²) in [6, 6.07) is 12.5. The lowest BCUT2D eigenvalue weighted by atomic mass is 10.1. The van der Waals surface area contributed by atoms with Crippen LogP contribution in [0.4, 0.5) is 31.7 Å². The summed E-state index contributed by atoms with van der Waals surface area (Å²) < 4.78 is 27.1. The summed E-state index contributed by atoms with van der Waals surface area (Å²) in [5.41, 5.74) is 8.06. The Bertz CT molecular complexity index is 1330. The molecule has 11 heteroatoms. The topological polar surface area (TPSA) is 108 Å². The van der Waals surface area contributed by atoms with Crippen LogP contribution in [0.15, 0.2) is 54.7 Å². The Kier molecular flexibility index (Phi) is 7.78. The normalized spacial score (nSPS) is 13.1. The fraction of sp³-hybridized carbons (Fsp3) is 0.231. The average molecular weight is 506 g/mol. The van der Waals surface area contributed by atoms with E-state index in [0.29, 0.717) is 43.2 Å². The van der Waals surface area contributed by atoms with E-state index < -0.39 is 17.5 Å². The highest BCUT2D eigenvalue weighted by molar-refractivity contribution is 5.98. The number of pyridine rings is 1. The Labute approximate surface area is 212 Å². The number of aromatic nitrogens is 1. The van der Waals surface area contributed by atoms with Gasteiger partial charge in [-0.3, -0.25) is 9.59 Å². The van der Waals surface area contributed by atoms with E-state index in [1.807, 2.05) is 24.3 Å². The number of amides is 2. The van der Waals surface area contributed by atoms with Gasteiger partial charge in [0.2, 0.25) is 0 Å². The number of primary amides is 1. The number of anilines is 4. The zero-order chi connectivity index (χ0) is 26.4. The predicted molar refractivity (Wildman–Crippen MR) is 136 cm³/mol. The standard InChI is InChI=1S/C26H25F2N7O2/c1-30-16-25(36)35-7-5-34(6-8-35)21-4-2-3-20(12-21)33-24-13-23(22(15-32-24)26(29)37)31-14-17-9-18(27)11-19(28)10-17/h2-4,9-13,15H,5-8,14,16H2,(H2,29,37)(H2,31,32,33). The van der Waals surface area contributed by atoms with Gasteiger partial charge in [-0.05, 0) is 35.9 Å². The molecule has 0 saturated carbocycles. The van der Waals surface area contributed by atoms with Crippen LogP contribution in [0.1, 0.15) is 15.9 Å². The first-order valence-electron chi connectivity index (χ1n) is 11.5. The summed E-state index contributed by atoms with van der Waals surface area (Å²) >= 11 is 0. The van der Waals surface area contributed by atoms with Crippen LogP contribution in [0.2, 0.25) is 0 Å². The van der Waals surface area contributed by atoms with Crippen LogP contribution in [-0.4, -0.2) is 54.4 Å². The Morgan fingerprint density at radius 2 is 1.78 bits per heavy atom. The lowest BCUT2D eigenvalue weighted by molar-refractivity contribution is -0.129. The van der Waals surface area contributed by atoms with E-state index in [-0.39, 0.29) is 24.6 Å². The summed E-state index contributed by atoms with van der Waals surface area (Å²) in [5, 5.41) is 6.21. The number of nitrogens with two attached hydrogens (primary N) is 1. The molecule has 1 saturated heterocycles. The first kappa shape index (κ1) is 25.4. The van der Waals surface area contributed by atoms with Gasteiger partial charge in [0.05, 0.1) is 11.3 Å². The van der Waals surface area contributed by atoms with Crippen LogP contribution in [0.25, 0.3) is 4.85 Å². The third kappa shape index (κ3) is 6.49. The number of hydrogen-bond acceptors (Lipinski definition) is 6. The maximum atomic E-state index is 13.5. The summed E-state index contributed by atoms with van der Waals surface area (Å²) in [6.07, 6.45) is 1.34. The molecule has 4 N–H and O–H groups in total. The second-order valence-corrected chi connectivity index (χ2v) is 8.47. The van der Waals surface area contributed by atoms with Gasteiger partial charge >= 0.3 is 5.91 Å². The lowest BCUT2D eigenvalue weighted by Crippen LogP contribution is -2.49. The monoisotopic (exact) mass is 505 g/mol. The molecule has 4 rings (SSSR count). The molecule has 0 aliphatic carbocycles. The molecule has 3 aromatic rings. The van der Waals surface area contributed by atoms with Crippen molar-refractivity contribution in [2.75, 3.05) is 48.3 Å². The predicted octanol–water partition coefficient (Wildman–Crippen LogP) is 3.38. The Balaban J connectivity index is 1.46. The molecule has 0 spiro atoms. The van der Waals surface area contributed by atoms with Crippen molar-refractivity contribution in [3.63, 3.8) is 0 Å². The van der Waals surface area contributed by atoms with Gasteiger partial charge in [0, 0.05) is 62.4 Å². The van der Waals surface area contributed by atoms with E-state index in [4.69, 9.17) is 12.3 Å². The third-order valence-corrected chi connectivity index (χ3v) is 5.91. The molecule has 2 amide bonds. The smallest absolute Gasteiger partial charge is 0.302 e. The highest BCUT2D eigenvalue weighted by atomic mass is 19.1. The van der Waals surface area contributed by atoms with Gasteiger partial charge in [0.15, 0.2) is 0 Å². The molecular formula is C26H25F2N7O2. The minimum absolute atomic E-state index is 0.0677. The van der Waals surface area contributed by atoms with Crippen molar-refractivity contribution >= 4 is 34.7 Å². The third-order valence-electron chi connectivity index (χ3n) is 5.91. The van der Waals surface area contributed by atoms with Crippen LogP contribution in [-0.2, 0) is 11.3 Å². The highest BCUT2D eigenvalue weighted by Crippen LogP contribution is 2.26. The molecule has 0 atom stereocenters. The van der Waals surface area contributed by atoms with Gasteiger partial charge in [-0.25, -0.2) is 20.3 Å². The SMILES string of the molecule is [C-]#[N+]CC(=O)N1CCN(c2cccc(Nc3cc(NCc4cc(F)cc(F)c4)c(C(N)=O)cn3)c2)CC1. The number of carbonyl (C=O) groups excluding carboxylic acids is 2. The largest absolute Gasteiger partial charge is 0.380 e. The molecule has 190 valence electrons. The number of carbonyl (C=O) groups is 2. The van der Waals surface area contributed by atoms with Crippen LogP contribution in [0.3, 0.4) is 0 Å². The van der Waals surface area contributed by atoms with E-state index in [1.54, 1.807) is 11.0 Å². The molecule has 0 unspecified atom stereocenters. The van der Waals surface area contributed by atoms with Gasteiger partial charge in [0.1, 0.15) is 17.5 Å². The van der Waals surface area contributed by atoms with Crippen LogP contribution in [0.5, 0.6) is 0 Å². The fourth-order valence-electron chi connectivity index (χ4n) is 4.09. The number of piperazine rings is 1. The van der Waals surface area contributed by atoms with Gasteiger partial charge in [-0.1, -0.05) is 6.07 Å². The second kappa shape index (κ2) is 11.3. The molecule has 2 aromatic carbocycles. The fourth-order valence-corrected chi connectivity index (χ4v) is 4.09. The minimum Gasteiger partial charge on any atom is -0.380 e. The van der Waals surface area contributed by atoms with Crippen molar-refractivity contribution in [1.29, 1.82) is 0 Å². The molecule has 1 fully saturated rings. The van der Waals surface area contributed by atoms with E-state index in [1.165, 1.54) is 18.3 Å². The van der Waals surface area contributed by atoms with E-state index in [0.717, 1.165) is 17.4 Å². The van der Waals surface area contributed by atoms with Gasteiger partial charge in [-0.15, -0.1) is 0 Å². The van der Waals surface area contributed by atoms with Gasteiger partial charge in [-0.2, -0.15) is 0 Å². The summed E-state index contributed by atoms with van der Waals surface area (Å²) in [7, 11) is 0. The zero-order valence-corrected chi connectivity index (χ0v) is 19.9. The molecule has 1 aromatic heterocycles. The van der Waals surface area contributed by atoms with Gasteiger partial charge < -0.3 is 31.0 Å². The maximum Gasteiger partial charge on any atom is 0.302 e. The highest BCUT2D eigenvalue weighted by Gasteiger charge is 2.22. The number of benzene rings is 2. The molecule has 1 aliphatic rings. The van der Waals surface area contributed by atoms with E-state index >= 15 is 0 Å². The number of nitrogens with one attached hydrogen (secondary N) is 2. The number of rotatable bonds is 8. The van der Waals surface area contributed by atoms with E-state index in [9.17, 15) is 18.4 Å².